The van der Waals surface area contributed by atoms with Gasteiger partial charge in [0.2, 0.25) is 5.89 Å². The second kappa shape index (κ2) is 5.63. The Labute approximate surface area is 110 Å². The molecule has 1 N–H and O–H groups in total. The first-order valence-electron chi connectivity index (χ1n) is 5.93. The van der Waals surface area contributed by atoms with Gasteiger partial charge in [-0.1, -0.05) is 12.1 Å². The van der Waals surface area contributed by atoms with Crippen LogP contribution in [0.3, 0.4) is 0 Å². The lowest BCUT2D eigenvalue weighted by Gasteiger charge is -2.04. The smallest absolute Gasteiger partial charge is 0.208 e. The molecule has 0 bridgehead atoms. The van der Waals surface area contributed by atoms with Crippen molar-refractivity contribution in [2.24, 2.45) is 0 Å². The van der Waals surface area contributed by atoms with Crippen LogP contribution in [0.15, 0.2) is 22.6 Å². The number of aromatic nitrogens is 1. The van der Waals surface area contributed by atoms with E-state index in [-0.39, 0.29) is 5.56 Å². The molecular weight excluding hydrogens is 245 g/mol. The van der Waals surface area contributed by atoms with Gasteiger partial charge in [0.25, 0.3) is 0 Å². The molecule has 0 aliphatic carbocycles. The van der Waals surface area contributed by atoms with Crippen molar-refractivity contribution in [2.45, 2.75) is 26.9 Å². The highest BCUT2D eigenvalue weighted by Crippen LogP contribution is 2.12. The Bertz CT molecular complexity index is 609. The van der Waals surface area contributed by atoms with Crippen LogP contribution in [0.5, 0.6) is 0 Å². The summed E-state index contributed by atoms with van der Waals surface area (Å²) in [7, 11) is 0. The molecule has 1 aromatic carbocycles. The molecule has 0 atom stereocenters. The quantitative estimate of drug-likeness (QED) is 0.916. The molecule has 0 radical (unpaired) electrons. The zero-order valence-corrected chi connectivity index (χ0v) is 10.8. The molecule has 98 valence electrons. The van der Waals surface area contributed by atoms with E-state index in [0.29, 0.717) is 24.5 Å². The van der Waals surface area contributed by atoms with Gasteiger partial charge in [-0.05, 0) is 19.9 Å². The Kier molecular flexibility index (Phi) is 3.93. The molecule has 0 spiro atoms. The number of nitrogens with one attached hydrogen (secondary N) is 1. The Morgan fingerprint density at radius 3 is 2.79 bits per heavy atom. The Balaban J connectivity index is 1.98. The molecule has 5 heteroatoms. The standard InChI is InChI=1S/C14H14FN3O/c1-9-10(2)19-13(18-9)8-17-7-12-5-3-4-11(6-16)14(12)15/h3-5,17H,7-8H2,1-2H3. The Morgan fingerprint density at radius 2 is 2.16 bits per heavy atom. The molecule has 0 unspecified atom stereocenters. The summed E-state index contributed by atoms with van der Waals surface area (Å²) in [4.78, 5) is 4.22. The number of nitriles is 1. The zero-order chi connectivity index (χ0) is 13.8. The van der Waals surface area contributed by atoms with Gasteiger partial charge in [0.15, 0.2) is 0 Å². The summed E-state index contributed by atoms with van der Waals surface area (Å²) < 4.78 is 19.2. The average Bonchev–Trinajstić information content (AvgIpc) is 2.71. The number of halogens is 1. The number of benzene rings is 1. The summed E-state index contributed by atoms with van der Waals surface area (Å²) in [6, 6.07) is 6.59. The number of nitrogens with zero attached hydrogens (tertiary/aromatic N) is 2. The number of hydrogen-bond donors (Lipinski definition) is 1. The minimum absolute atomic E-state index is 0.0575. The minimum Gasteiger partial charge on any atom is -0.444 e. The maximum atomic E-state index is 13.8. The lowest BCUT2D eigenvalue weighted by Crippen LogP contribution is -2.14. The van der Waals surface area contributed by atoms with Crippen LogP contribution >= 0.6 is 0 Å². The summed E-state index contributed by atoms with van der Waals surface area (Å²) in [5.41, 5.74) is 1.37. The molecule has 0 amide bonds. The van der Waals surface area contributed by atoms with Crippen LogP contribution in [-0.2, 0) is 13.1 Å². The van der Waals surface area contributed by atoms with Crippen LogP contribution < -0.4 is 5.32 Å². The number of rotatable bonds is 4. The number of aryl methyl sites for hydroxylation is 2. The molecular formula is C14H14FN3O. The summed E-state index contributed by atoms with van der Waals surface area (Å²) >= 11 is 0. The summed E-state index contributed by atoms with van der Waals surface area (Å²) in [6.07, 6.45) is 0. The van der Waals surface area contributed by atoms with Gasteiger partial charge < -0.3 is 9.73 Å². The molecule has 2 rings (SSSR count). The largest absolute Gasteiger partial charge is 0.444 e. The molecule has 1 heterocycles. The summed E-state index contributed by atoms with van der Waals surface area (Å²) in [5, 5.41) is 11.8. The molecule has 1 aromatic heterocycles. The molecule has 0 aliphatic rings. The maximum Gasteiger partial charge on any atom is 0.208 e. The van der Waals surface area contributed by atoms with Crippen molar-refractivity contribution in [3.05, 3.63) is 52.5 Å². The lowest BCUT2D eigenvalue weighted by molar-refractivity contribution is 0.446. The van der Waals surface area contributed by atoms with Gasteiger partial charge in [-0.2, -0.15) is 5.26 Å². The van der Waals surface area contributed by atoms with E-state index in [0.717, 1.165) is 11.5 Å². The fourth-order valence-electron chi connectivity index (χ4n) is 1.72. The second-order valence-corrected chi connectivity index (χ2v) is 4.24. The van der Waals surface area contributed by atoms with E-state index in [1.54, 1.807) is 12.1 Å². The fraction of sp³-hybridized carbons (Fsp3) is 0.286. The van der Waals surface area contributed by atoms with Gasteiger partial charge in [0, 0.05) is 12.1 Å². The van der Waals surface area contributed by atoms with Crippen LogP contribution in [0.2, 0.25) is 0 Å². The third-order valence-corrected chi connectivity index (χ3v) is 2.86. The average molecular weight is 259 g/mol. The first kappa shape index (κ1) is 13.2. The predicted octanol–water partition coefficient (Wildman–Crippen LogP) is 2.59. The van der Waals surface area contributed by atoms with Crippen molar-refractivity contribution in [2.75, 3.05) is 0 Å². The highest BCUT2D eigenvalue weighted by atomic mass is 19.1. The third-order valence-electron chi connectivity index (χ3n) is 2.86. The third kappa shape index (κ3) is 2.98. The topological polar surface area (TPSA) is 61.9 Å². The van der Waals surface area contributed by atoms with Crippen molar-refractivity contribution in [3.8, 4) is 6.07 Å². The van der Waals surface area contributed by atoms with Crippen LogP contribution in [0, 0.1) is 31.0 Å². The molecule has 0 saturated carbocycles. The highest BCUT2D eigenvalue weighted by Gasteiger charge is 2.08. The zero-order valence-electron chi connectivity index (χ0n) is 10.8. The van der Waals surface area contributed by atoms with Gasteiger partial charge in [-0.15, -0.1) is 0 Å². The molecule has 0 fully saturated rings. The molecule has 2 aromatic rings. The van der Waals surface area contributed by atoms with Crippen LogP contribution in [0.25, 0.3) is 0 Å². The van der Waals surface area contributed by atoms with E-state index in [2.05, 4.69) is 10.3 Å². The van der Waals surface area contributed by atoms with E-state index >= 15 is 0 Å². The molecule has 4 nitrogen and oxygen atoms in total. The second-order valence-electron chi connectivity index (χ2n) is 4.24. The fourth-order valence-corrected chi connectivity index (χ4v) is 1.72. The highest BCUT2D eigenvalue weighted by molar-refractivity contribution is 5.34. The van der Waals surface area contributed by atoms with Crippen LogP contribution in [0.4, 0.5) is 4.39 Å². The van der Waals surface area contributed by atoms with Gasteiger partial charge in [0.1, 0.15) is 17.6 Å². The SMILES string of the molecule is Cc1nc(CNCc2cccc(C#N)c2F)oc1C. The van der Waals surface area contributed by atoms with E-state index in [1.807, 2.05) is 19.9 Å². The van der Waals surface area contributed by atoms with Crippen LogP contribution in [-0.4, -0.2) is 4.98 Å². The predicted molar refractivity (Wildman–Crippen MR) is 67.6 cm³/mol. The normalized spacial score (nSPS) is 10.4. The van der Waals surface area contributed by atoms with Gasteiger partial charge in [-0.25, -0.2) is 9.37 Å². The molecule has 19 heavy (non-hydrogen) atoms. The molecule has 0 aliphatic heterocycles. The Hall–Kier alpha value is -2.19. The van der Waals surface area contributed by atoms with E-state index in [1.165, 1.54) is 6.07 Å². The summed E-state index contributed by atoms with van der Waals surface area (Å²) in [6.45, 7) is 4.47. The van der Waals surface area contributed by atoms with Crippen molar-refractivity contribution in [1.29, 1.82) is 5.26 Å². The van der Waals surface area contributed by atoms with E-state index in [9.17, 15) is 4.39 Å². The number of hydrogen-bond acceptors (Lipinski definition) is 4. The Morgan fingerprint density at radius 1 is 1.37 bits per heavy atom. The van der Waals surface area contributed by atoms with Crippen LogP contribution in [0.1, 0.15) is 28.5 Å². The van der Waals surface area contributed by atoms with E-state index in [4.69, 9.17) is 9.68 Å². The first-order chi connectivity index (χ1) is 9.11. The van der Waals surface area contributed by atoms with E-state index < -0.39 is 5.82 Å². The number of oxazole rings is 1. The lowest BCUT2D eigenvalue weighted by atomic mass is 10.1. The van der Waals surface area contributed by atoms with Gasteiger partial charge >= 0.3 is 0 Å². The monoisotopic (exact) mass is 259 g/mol. The van der Waals surface area contributed by atoms with Gasteiger partial charge in [0.05, 0.1) is 17.8 Å². The van der Waals surface area contributed by atoms with Crippen molar-refractivity contribution in [1.82, 2.24) is 10.3 Å². The van der Waals surface area contributed by atoms with Crippen molar-refractivity contribution >= 4 is 0 Å². The maximum absolute atomic E-state index is 13.8. The molecule has 0 saturated heterocycles. The van der Waals surface area contributed by atoms with Gasteiger partial charge in [-0.3, -0.25) is 0 Å². The minimum atomic E-state index is -0.475. The first-order valence-corrected chi connectivity index (χ1v) is 5.93. The van der Waals surface area contributed by atoms with Crippen molar-refractivity contribution < 1.29 is 8.81 Å². The summed E-state index contributed by atoms with van der Waals surface area (Å²) in [5.74, 6) is 0.888. The van der Waals surface area contributed by atoms with Crippen molar-refractivity contribution in [3.63, 3.8) is 0 Å².